The predicted molar refractivity (Wildman–Crippen MR) is 130 cm³/mol. The normalized spacial score (nSPS) is 10.5. The van der Waals surface area contributed by atoms with E-state index in [2.05, 4.69) is 20.8 Å². The first-order chi connectivity index (χ1) is 16.9. The third kappa shape index (κ3) is 7.39. The van der Waals surface area contributed by atoms with Crippen molar-refractivity contribution < 1.29 is 23.6 Å². The molecule has 1 aromatic heterocycles. The average molecular weight is 480 g/mol. The molecule has 0 saturated carbocycles. The first kappa shape index (κ1) is 25.4. The third-order valence-corrected chi connectivity index (χ3v) is 5.27. The van der Waals surface area contributed by atoms with Crippen molar-refractivity contribution >= 4 is 23.4 Å². The quantitative estimate of drug-likeness (QED) is 0.338. The van der Waals surface area contributed by atoms with Crippen LogP contribution in [0.1, 0.15) is 24.3 Å². The van der Waals surface area contributed by atoms with Crippen molar-refractivity contribution in [2.75, 3.05) is 32.6 Å². The second-order valence-electron chi connectivity index (χ2n) is 7.96. The number of carbonyl (C=O) groups excluding carboxylic acids is 3. The Labute approximate surface area is 203 Å². The van der Waals surface area contributed by atoms with Crippen LogP contribution in [0.2, 0.25) is 0 Å². The Bertz CT molecular complexity index is 1160. The summed E-state index contributed by atoms with van der Waals surface area (Å²) in [5.41, 5.74) is 2.32. The molecule has 3 rings (SSSR count). The van der Waals surface area contributed by atoms with E-state index in [1.807, 2.05) is 43.3 Å². The van der Waals surface area contributed by atoms with Crippen molar-refractivity contribution in [3.8, 4) is 17.1 Å². The molecule has 0 spiro atoms. The molecular formula is C25H29N5O5. The number of carbonyl (C=O) groups is 3. The minimum Gasteiger partial charge on any atom is -0.496 e. The van der Waals surface area contributed by atoms with Gasteiger partial charge in [0.25, 0.3) is 0 Å². The van der Waals surface area contributed by atoms with E-state index < -0.39 is 11.8 Å². The van der Waals surface area contributed by atoms with Gasteiger partial charge in [0, 0.05) is 38.7 Å². The highest BCUT2D eigenvalue weighted by molar-refractivity contribution is 6.39. The number of para-hydroxylation sites is 1. The fourth-order valence-electron chi connectivity index (χ4n) is 3.25. The van der Waals surface area contributed by atoms with Crippen molar-refractivity contribution in [3.63, 3.8) is 0 Å². The Morgan fingerprint density at radius 2 is 1.80 bits per heavy atom. The van der Waals surface area contributed by atoms with Gasteiger partial charge in [-0.2, -0.15) is 4.98 Å². The maximum Gasteiger partial charge on any atom is 0.313 e. The Kier molecular flexibility index (Phi) is 8.94. The summed E-state index contributed by atoms with van der Waals surface area (Å²) < 4.78 is 10.6. The molecular weight excluding hydrogens is 450 g/mol. The lowest BCUT2D eigenvalue weighted by Crippen LogP contribution is -2.37. The molecule has 0 saturated heterocycles. The number of rotatable bonds is 10. The summed E-state index contributed by atoms with van der Waals surface area (Å²) in [6.45, 7) is 2.63. The van der Waals surface area contributed by atoms with Crippen LogP contribution in [0.5, 0.6) is 5.75 Å². The lowest BCUT2D eigenvalue weighted by atomic mass is 10.2. The van der Waals surface area contributed by atoms with Gasteiger partial charge < -0.3 is 24.8 Å². The molecule has 10 heteroatoms. The highest BCUT2D eigenvalue weighted by atomic mass is 16.5. The molecule has 0 unspecified atom stereocenters. The number of amides is 3. The van der Waals surface area contributed by atoms with Crippen LogP contribution in [0.3, 0.4) is 0 Å². The van der Waals surface area contributed by atoms with Crippen molar-refractivity contribution in [1.82, 2.24) is 20.4 Å². The average Bonchev–Trinajstić information content (AvgIpc) is 3.35. The zero-order valence-corrected chi connectivity index (χ0v) is 20.0. The van der Waals surface area contributed by atoms with Crippen molar-refractivity contribution in [2.24, 2.45) is 0 Å². The van der Waals surface area contributed by atoms with E-state index in [-0.39, 0.29) is 18.9 Å². The topological polar surface area (TPSA) is 127 Å². The molecule has 0 fully saturated rings. The van der Waals surface area contributed by atoms with Crippen LogP contribution in [0.15, 0.2) is 53.1 Å². The number of nitrogens with one attached hydrogen (secondary N) is 2. The number of aryl methyl sites for hydroxylation is 2. The molecule has 35 heavy (non-hydrogen) atoms. The minimum atomic E-state index is -0.731. The van der Waals surface area contributed by atoms with Gasteiger partial charge in [0.1, 0.15) is 5.75 Å². The van der Waals surface area contributed by atoms with Crippen molar-refractivity contribution in [2.45, 2.75) is 26.2 Å². The van der Waals surface area contributed by atoms with Crippen LogP contribution in [-0.4, -0.2) is 60.0 Å². The largest absolute Gasteiger partial charge is 0.496 e. The summed E-state index contributed by atoms with van der Waals surface area (Å²) in [5.74, 6) is -0.145. The van der Waals surface area contributed by atoms with E-state index in [9.17, 15) is 14.4 Å². The molecule has 10 nitrogen and oxygen atoms in total. The van der Waals surface area contributed by atoms with E-state index in [4.69, 9.17) is 9.26 Å². The number of anilines is 1. The summed E-state index contributed by atoms with van der Waals surface area (Å²) in [7, 11) is 3.25. The molecule has 3 aromatic rings. The lowest BCUT2D eigenvalue weighted by Gasteiger charge is -2.16. The second kappa shape index (κ2) is 12.3. The van der Waals surface area contributed by atoms with Gasteiger partial charge in [-0.05, 0) is 37.6 Å². The maximum atomic E-state index is 12.4. The number of hydrogen-bond acceptors (Lipinski definition) is 7. The third-order valence-electron chi connectivity index (χ3n) is 5.27. The van der Waals surface area contributed by atoms with E-state index in [1.165, 1.54) is 0 Å². The minimum absolute atomic E-state index is 0.0921. The van der Waals surface area contributed by atoms with Crippen molar-refractivity contribution in [3.05, 3.63) is 60.0 Å². The van der Waals surface area contributed by atoms with Gasteiger partial charge in [0.2, 0.25) is 17.6 Å². The molecule has 0 bridgehead atoms. The number of nitrogens with zero attached hydrogens (tertiary/aromatic N) is 3. The lowest BCUT2D eigenvalue weighted by molar-refractivity contribution is -0.136. The van der Waals surface area contributed by atoms with Crippen LogP contribution < -0.4 is 15.4 Å². The molecule has 2 aromatic carbocycles. The Morgan fingerprint density at radius 1 is 1.06 bits per heavy atom. The van der Waals surface area contributed by atoms with E-state index in [1.54, 1.807) is 31.2 Å². The Morgan fingerprint density at radius 3 is 2.54 bits per heavy atom. The SMILES string of the molecule is COc1ccccc1-c1noc(CCC(=O)N(C)CCCNC(=O)C(=O)Nc2ccc(C)cc2)n1. The Hall–Kier alpha value is -4.21. The molecule has 0 radical (unpaired) electrons. The molecule has 1 heterocycles. The molecule has 0 aliphatic carbocycles. The van der Waals surface area contributed by atoms with Gasteiger partial charge in [-0.3, -0.25) is 14.4 Å². The van der Waals surface area contributed by atoms with Gasteiger partial charge in [-0.15, -0.1) is 0 Å². The van der Waals surface area contributed by atoms with Gasteiger partial charge in [0.15, 0.2) is 0 Å². The number of aromatic nitrogens is 2. The van der Waals surface area contributed by atoms with Crippen LogP contribution in [0.25, 0.3) is 11.4 Å². The number of benzene rings is 2. The van der Waals surface area contributed by atoms with Crippen LogP contribution in [-0.2, 0) is 20.8 Å². The fraction of sp³-hybridized carbons (Fsp3) is 0.320. The summed E-state index contributed by atoms with van der Waals surface area (Å²) in [4.78, 5) is 42.3. The molecule has 0 aliphatic rings. The van der Waals surface area contributed by atoms with Crippen LogP contribution in [0, 0.1) is 6.92 Å². The van der Waals surface area contributed by atoms with Crippen LogP contribution >= 0.6 is 0 Å². The first-order valence-corrected chi connectivity index (χ1v) is 11.2. The zero-order chi connectivity index (χ0) is 25.2. The highest BCUT2D eigenvalue weighted by Crippen LogP contribution is 2.27. The van der Waals surface area contributed by atoms with Gasteiger partial charge >= 0.3 is 11.8 Å². The summed E-state index contributed by atoms with van der Waals surface area (Å²) >= 11 is 0. The Balaban J connectivity index is 1.36. The van der Waals surface area contributed by atoms with Gasteiger partial charge in [-0.1, -0.05) is 35.0 Å². The summed E-state index contributed by atoms with van der Waals surface area (Å²) in [6.07, 6.45) is 1.01. The monoisotopic (exact) mass is 479 g/mol. The predicted octanol–water partition coefficient (Wildman–Crippen LogP) is 2.59. The standard InChI is InChI=1S/C25H29N5O5/c1-17-9-11-18(12-10-17)27-25(33)24(32)26-15-6-16-30(2)22(31)14-13-21-28-23(29-35-21)19-7-4-5-8-20(19)34-3/h4-5,7-12H,6,13-16H2,1-3H3,(H,26,32)(H,27,33). The molecule has 3 amide bonds. The molecule has 2 N–H and O–H groups in total. The maximum absolute atomic E-state index is 12.4. The van der Waals surface area contributed by atoms with Gasteiger partial charge in [0.05, 0.1) is 12.7 Å². The zero-order valence-electron chi connectivity index (χ0n) is 20.0. The van der Waals surface area contributed by atoms with E-state index >= 15 is 0 Å². The number of methoxy groups -OCH3 is 1. The number of ether oxygens (including phenoxy) is 1. The van der Waals surface area contributed by atoms with Crippen molar-refractivity contribution in [1.29, 1.82) is 0 Å². The highest BCUT2D eigenvalue weighted by Gasteiger charge is 2.16. The molecule has 0 atom stereocenters. The smallest absolute Gasteiger partial charge is 0.313 e. The molecule has 0 aliphatic heterocycles. The van der Waals surface area contributed by atoms with E-state index in [0.717, 1.165) is 5.56 Å². The fourth-order valence-corrected chi connectivity index (χ4v) is 3.25. The second-order valence-corrected chi connectivity index (χ2v) is 7.96. The summed E-state index contributed by atoms with van der Waals surface area (Å²) in [6, 6.07) is 14.5. The van der Waals surface area contributed by atoms with Gasteiger partial charge in [-0.25, -0.2) is 0 Å². The van der Waals surface area contributed by atoms with E-state index in [0.29, 0.717) is 48.1 Å². The van der Waals surface area contributed by atoms with Crippen LogP contribution in [0.4, 0.5) is 5.69 Å². The number of hydrogen-bond donors (Lipinski definition) is 2. The first-order valence-electron chi connectivity index (χ1n) is 11.2. The summed E-state index contributed by atoms with van der Waals surface area (Å²) in [5, 5.41) is 9.08. The molecule has 184 valence electrons.